The van der Waals surface area contributed by atoms with Crippen LogP contribution in [0.2, 0.25) is 0 Å². The number of nitrogens with two attached hydrogens (primary N) is 1. The number of ether oxygens (including phenoxy) is 3. The van der Waals surface area contributed by atoms with E-state index in [1.807, 2.05) is 36.5 Å². The topological polar surface area (TPSA) is 82.7 Å². The molecule has 5 rings (SSSR count). The van der Waals surface area contributed by atoms with E-state index >= 15 is 0 Å². The van der Waals surface area contributed by atoms with Gasteiger partial charge in [0.05, 0.1) is 19.4 Å². The van der Waals surface area contributed by atoms with Gasteiger partial charge in [0.1, 0.15) is 30.0 Å². The zero-order chi connectivity index (χ0) is 21.9. The van der Waals surface area contributed by atoms with Gasteiger partial charge in [-0.2, -0.15) is 0 Å². The molecular weight excluding hydrogens is 404 g/mol. The lowest BCUT2D eigenvalue weighted by Gasteiger charge is -2.33. The van der Waals surface area contributed by atoms with Crippen LogP contribution in [0.4, 0.5) is 5.82 Å². The average Bonchev–Trinajstić information content (AvgIpc) is 2.84. The first-order valence-corrected chi connectivity index (χ1v) is 10.7. The highest BCUT2D eigenvalue weighted by molar-refractivity contribution is 5.64. The van der Waals surface area contributed by atoms with Crippen molar-refractivity contribution in [3.05, 3.63) is 71.7 Å². The highest BCUT2D eigenvalue weighted by Crippen LogP contribution is 2.31. The van der Waals surface area contributed by atoms with E-state index in [1.165, 1.54) is 5.57 Å². The van der Waals surface area contributed by atoms with Crippen LogP contribution in [-0.2, 0) is 4.74 Å². The first-order chi connectivity index (χ1) is 15.7. The van der Waals surface area contributed by atoms with E-state index < -0.39 is 0 Å². The Labute approximate surface area is 187 Å². The first kappa shape index (κ1) is 20.5. The maximum Gasteiger partial charge on any atom is 0.127 e. The molecule has 0 radical (unpaired) electrons. The molecule has 1 aromatic carbocycles. The maximum atomic E-state index is 6.03. The molecule has 7 heteroatoms. The number of benzene rings is 1. The Morgan fingerprint density at radius 2 is 1.94 bits per heavy atom. The van der Waals surface area contributed by atoms with Crippen LogP contribution in [0.1, 0.15) is 17.4 Å². The van der Waals surface area contributed by atoms with E-state index in [0.717, 1.165) is 53.5 Å². The quantitative estimate of drug-likeness (QED) is 0.662. The van der Waals surface area contributed by atoms with Crippen LogP contribution in [0.3, 0.4) is 0 Å². The molecule has 0 amide bonds. The lowest BCUT2D eigenvalue weighted by Crippen LogP contribution is -2.40. The number of rotatable bonds is 5. The van der Waals surface area contributed by atoms with Crippen molar-refractivity contribution in [2.45, 2.75) is 6.10 Å². The molecular formula is C25H26N4O3. The molecule has 3 aromatic rings. The lowest BCUT2D eigenvalue weighted by atomic mass is 10.1. The fourth-order valence-electron chi connectivity index (χ4n) is 4.08. The van der Waals surface area contributed by atoms with Crippen molar-refractivity contribution in [1.82, 2.24) is 14.9 Å². The third-order valence-electron chi connectivity index (χ3n) is 5.80. The van der Waals surface area contributed by atoms with Crippen molar-refractivity contribution >= 4 is 11.9 Å². The molecule has 0 saturated carbocycles. The minimum absolute atomic E-state index is 0.0557. The standard InChI is InChI=1S/C25H26N4O3/c1-30-21-4-6-23-20(11-21)10-17(16-32-23)14-29-8-9-31-24(15-29)22-5-2-18(12-27-22)19-3-7-25(26)28-13-19/h2-7,10-13,24H,8-9,14-16H2,1H3,(H2,26,28)/t24-/m0/s1. The summed E-state index contributed by atoms with van der Waals surface area (Å²) in [4.78, 5) is 11.2. The van der Waals surface area contributed by atoms with E-state index in [1.54, 1.807) is 19.4 Å². The summed E-state index contributed by atoms with van der Waals surface area (Å²) < 4.78 is 17.3. The Morgan fingerprint density at radius 3 is 2.69 bits per heavy atom. The third-order valence-corrected chi connectivity index (χ3v) is 5.80. The molecule has 0 aliphatic carbocycles. The molecule has 2 N–H and O–H groups in total. The van der Waals surface area contributed by atoms with Crippen LogP contribution < -0.4 is 15.2 Å². The van der Waals surface area contributed by atoms with Gasteiger partial charge in [-0.15, -0.1) is 0 Å². The van der Waals surface area contributed by atoms with Crippen molar-refractivity contribution in [1.29, 1.82) is 0 Å². The van der Waals surface area contributed by atoms with Gasteiger partial charge in [-0.1, -0.05) is 6.07 Å². The summed E-state index contributed by atoms with van der Waals surface area (Å²) in [7, 11) is 1.68. The number of fused-ring (bicyclic) bond motifs is 1. The molecule has 1 atom stereocenters. The first-order valence-electron chi connectivity index (χ1n) is 10.7. The van der Waals surface area contributed by atoms with Crippen molar-refractivity contribution in [3.63, 3.8) is 0 Å². The van der Waals surface area contributed by atoms with E-state index in [0.29, 0.717) is 19.0 Å². The summed E-state index contributed by atoms with van der Waals surface area (Å²) >= 11 is 0. The zero-order valence-corrected chi connectivity index (χ0v) is 18.0. The van der Waals surface area contributed by atoms with Gasteiger partial charge in [0.25, 0.3) is 0 Å². The Bertz CT molecular complexity index is 1110. The second-order valence-corrected chi connectivity index (χ2v) is 8.03. The molecule has 7 nitrogen and oxygen atoms in total. The second kappa shape index (κ2) is 8.98. The van der Waals surface area contributed by atoms with Gasteiger partial charge >= 0.3 is 0 Å². The fraction of sp³-hybridized carbons (Fsp3) is 0.280. The Balaban J connectivity index is 1.25. The predicted molar refractivity (Wildman–Crippen MR) is 123 cm³/mol. The summed E-state index contributed by atoms with van der Waals surface area (Å²) in [5, 5.41) is 0. The van der Waals surface area contributed by atoms with Crippen LogP contribution in [0.15, 0.2) is 60.4 Å². The summed E-state index contributed by atoms with van der Waals surface area (Å²) in [5.41, 5.74) is 10.9. The molecule has 2 aliphatic rings. The van der Waals surface area contributed by atoms with Gasteiger partial charge < -0.3 is 19.9 Å². The van der Waals surface area contributed by atoms with E-state index in [2.05, 4.69) is 27.0 Å². The minimum Gasteiger partial charge on any atom is -0.497 e. The molecule has 1 saturated heterocycles. The Hall–Kier alpha value is -3.42. The molecule has 32 heavy (non-hydrogen) atoms. The number of anilines is 1. The molecule has 164 valence electrons. The number of nitrogens with zero attached hydrogens (tertiary/aromatic N) is 3. The zero-order valence-electron chi connectivity index (χ0n) is 18.0. The monoisotopic (exact) mass is 430 g/mol. The Morgan fingerprint density at radius 1 is 1.09 bits per heavy atom. The highest BCUT2D eigenvalue weighted by Gasteiger charge is 2.24. The average molecular weight is 431 g/mol. The summed E-state index contributed by atoms with van der Waals surface area (Å²) in [6.07, 6.45) is 5.78. The number of hydrogen-bond donors (Lipinski definition) is 1. The molecule has 0 spiro atoms. The second-order valence-electron chi connectivity index (χ2n) is 8.03. The van der Waals surface area contributed by atoms with Gasteiger partial charge in [-0.3, -0.25) is 9.88 Å². The smallest absolute Gasteiger partial charge is 0.127 e. The minimum atomic E-state index is -0.0557. The van der Waals surface area contributed by atoms with Crippen LogP contribution in [0.25, 0.3) is 17.2 Å². The van der Waals surface area contributed by atoms with Gasteiger partial charge in [0, 0.05) is 48.7 Å². The molecule has 0 bridgehead atoms. The van der Waals surface area contributed by atoms with Crippen LogP contribution in [-0.4, -0.2) is 54.8 Å². The number of pyridine rings is 2. The number of nitrogen functional groups attached to an aromatic ring is 1. The van der Waals surface area contributed by atoms with Crippen molar-refractivity contribution in [3.8, 4) is 22.6 Å². The molecule has 2 aromatic heterocycles. The van der Waals surface area contributed by atoms with E-state index in [-0.39, 0.29) is 6.10 Å². The lowest BCUT2D eigenvalue weighted by molar-refractivity contribution is -0.0294. The summed E-state index contributed by atoms with van der Waals surface area (Å²) in [6.45, 7) is 3.79. The van der Waals surface area contributed by atoms with Gasteiger partial charge in [0.2, 0.25) is 0 Å². The number of aromatic nitrogens is 2. The van der Waals surface area contributed by atoms with Crippen molar-refractivity contribution < 1.29 is 14.2 Å². The van der Waals surface area contributed by atoms with Gasteiger partial charge in [-0.25, -0.2) is 4.98 Å². The SMILES string of the molecule is COc1ccc2c(c1)C=C(CN1CCO[C@H](c3ccc(-c4ccc(N)nc4)cn3)C1)CO2. The van der Waals surface area contributed by atoms with Crippen LogP contribution in [0.5, 0.6) is 11.5 Å². The predicted octanol–water partition coefficient (Wildman–Crippen LogP) is 3.58. The van der Waals surface area contributed by atoms with Gasteiger partial charge in [-0.05, 0) is 48.0 Å². The number of methoxy groups -OCH3 is 1. The third kappa shape index (κ3) is 4.44. The van der Waals surface area contributed by atoms with Crippen molar-refractivity contribution in [2.24, 2.45) is 0 Å². The fourth-order valence-corrected chi connectivity index (χ4v) is 4.08. The van der Waals surface area contributed by atoms with E-state index in [9.17, 15) is 0 Å². The largest absolute Gasteiger partial charge is 0.497 e. The Kier molecular flexibility index (Phi) is 5.75. The van der Waals surface area contributed by atoms with E-state index in [4.69, 9.17) is 19.9 Å². The molecule has 0 unspecified atom stereocenters. The number of hydrogen-bond acceptors (Lipinski definition) is 7. The van der Waals surface area contributed by atoms with Crippen LogP contribution >= 0.6 is 0 Å². The van der Waals surface area contributed by atoms with Crippen LogP contribution in [0, 0.1) is 0 Å². The highest BCUT2D eigenvalue weighted by atomic mass is 16.5. The normalized spacial score (nSPS) is 18.4. The maximum absolute atomic E-state index is 6.03. The van der Waals surface area contributed by atoms with Crippen molar-refractivity contribution in [2.75, 3.05) is 45.7 Å². The number of morpholine rings is 1. The molecule has 2 aliphatic heterocycles. The summed E-state index contributed by atoms with van der Waals surface area (Å²) in [6, 6.07) is 13.7. The molecule has 1 fully saturated rings. The summed E-state index contributed by atoms with van der Waals surface area (Å²) in [5.74, 6) is 2.24. The molecule has 4 heterocycles. The van der Waals surface area contributed by atoms with Gasteiger partial charge in [0.15, 0.2) is 0 Å².